The second kappa shape index (κ2) is 10.4. The van der Waals surface area contributed by atoms with Gasteiger partial charge in [-0.25, -0.2) is 13.1 Å². The van der Waals surface area contributed by atoms with E-state index in [9.17, 15) is 18.0 Å². The maximum Gasteiger partial charge on any atom is 0.321 e. The zero-order valence-corrected chi connectivity index (χ0v) is 16.8. The van der Waals surface area contributed by atoms with Gasteiger partial charge in [-0.15, -0.1) is 0 Å². The molecule has 29 heavy (non-hydrogen) atoms. The Morgan fingerprint density at radius 1 is 1.07 bits per heavy atom. The Kier molecular flexibility index (Phi) is 7.93. The van der Waals surface area contributed by atoms with Gasteiger partial charge in [0, 0.05) is 11.1 Å². The summed E-state index contributed by atoms with van der Waals surface area (Å²) < 4.78 is 35.9. The van der Waals surface area contributed by atoms with E-state index in [4.69, 9.17) is 9.47 Å². The second-order valence-electron chi connectivity index (χ2n) is 5.93. The highest BCUT2D eigenvalue weighted by atomic mass is 32.2. The van der Waals surface area contributed by atoms with E-state index in [1.54, 1.807) is 48.5 Å². The summed E-state index contributed by atoms with van der Waals surface area (Å²) in [6.07, 6.45) is 0.299. The molecule has 0 radical (unpaired) electrons. The number of carbonyl (C=O) groups excluding carboxylic acids is 2. The number of sulfonamides is 1. The molecule has 2 N–H and O–H groups in total. The van der Waals surface area contributed by atoms with Crippen LogP contribution >= 0.6 is 0 Å². The van der Waals surface area contributed by atoms with Gasteiger partial charge < -0.3 is 14.8 Å². The van der Waals surface area contributed by atoms with Crippen LogP contribution < -0.4 is 14.8 Å². The smallest absolute Gasteiger partial charge is 0.321 e. The first kappa shape index (κ1) is 22.1. The number of carbonyl (C=O) groups is 2. The third-order valence-corrected chi connectivity index (χ3v) is 4.73. The van der Waals surface area contributed by atoms with Crippen molar-refractivity contribution in [3.63, 3.8) is 0 Å². The van der Waals surface area contributed by atoms with Crippen LogP contribution in [0.15, 0.2) is 60.0 Å². The van der Waals surface area contributed by atoms with Crippen LogP contribution in [0.25, 0.3) is 6.08 Å². The molecule has 0 saturated carbocycles. The van der Waals surface area contributed by atoms with Gasteiger partial charge >= 0.3 is 5.97 Å². The molecule has 0 bridgehead atoms. The SMILES string of the molecule is COc1ccc(NC(=O)[C@@H](C)OC(=O)CNS(=O)(=O)/C=C/c2ccccc2)cc1. The minimum atomic E-state index is -3.83. The van der Waals surface area contributed by atoms with Gasteiger partial charge in [-0.3, -0.25) is 9.59 Å². The molecule has 2 aromatic rings. The van der Waals surface area contributed by atoms with Crippen molar-refractivity contribution in [1.82, 2.24) is 4.72 Å². The van der Waals surface area contributed by atoms with E-state index in [2.05, 4.69) is 10.0 Å². The number of ether oxygens (including phenoxy) is 2. The predicted octanol–water partition coefficient (Wildman–Crippen LogP) is 2.16. The Bertz CT molecular complexity index is 956. The summed E-state index contributed by atoms with van der Waals surface area (Å²) in [7, 11) is -2.30. The Balaban J connectivity index is 1.81. The van der Waals surface area contributed by atoms with Crippen molar-refractivity contribution in [3.8, 4) is 5.75 Å². The van der Waals surface area contributed by atoms with Crippen LogP contribution in [0.2, 0.25) is 0 Å². The maximum atomic E-state index is 12.1. The largest absolute Gasteiger partial charge is 0.497 e. The number of anilines is 1. The van der Waals surface area contributed by atoms with E-state index in [-0.39, 0.29) is 0 Å². The fourth-order valence-corrected chi connectivity index (χ4v) is 2.90. The zero-order valence-electron chi connectivity index (χ0n) is 16.0. The van der Waals surface area contributed by atoms with Gasteiger partial charge in [0.25, 0.3) is 5.91 Å². The molecule has 0 aliphatic carbocycles. The van der Waals surface area contributed by atoms with Gasteiger partial charge in [0.2, 0.25) is 10.0 Å². The van der Waals surface area contributed by atoms with Crippen molar-refractivity contribution < 1.29 is 27.5 Å². The summed E-state index contributed by atoms with van der Waals surface area (Å²) >= 11 is 0. The van der Waals surface area contributed by atoms with Crippen molar-refractivity contribution in [2.75, 3.05) is 19.0 Å². The molecule has 0 spiro atoms. The molecule has 0 heterocycles. The molecule has 154 valence electrons. The van der Waals surface area contributed by atoms with Crippen LogP contribution in [-0.4, -0.2) is 40.1 Å². The van der Waals surface area contributed by atoms with E-state index in [0.29, 0.717) is 17.0 Å². The molecule has 2 aromatic carbocycles. The normalized spacial score (nSPS) is 12.3. The first-order valence-corrected chi connectivity index (χ1v) is 10.2. The van der Waals surface area contributed by atoms with Crippen LogP contribution in [0.3, 0.4) is 0 Å². The number of benzene rings is 2. The molecule has 1 amide bonds. The quantitative estimate of drug-likeness (QED) is 0.604. The third-order valence-electron chi connectivity index (χ3n) is 3.69. The van der Waals surface area contributed by atoms with Crippen LogP contribution in [-0.2, 0) is 24.3 Å². The van der Waals surface area contributed by atoms with Gasteiger partial charge in [-0.05, 0) is 42.8 Å². The topological polar surface area (TPSA) is 111 Å². The lowest BCUT2D eigenvalue weighted by Gasteiger charge is -2.14. The number of rotatable bonds is 9. The molecule has 9 heteroatoms. The van der Waals surface area contributed by atoms with Gasteiger partial charge in [0.05, 0.1) is 7.11 Å². The molecule has 2 rings (SSSR count). The Morgan fingerprint density at radius 3 is 2.34 bits per heavy atom. The maximum absolute atomic E-state index is 12.1. The van der Waals surface area contributed by atoms with Crippen molar-refractivity contribution in [2.45, 2.75) is 13.0 Å². The van der Waals surface area contributed by atoms with Crippen LogP contribution in [0.4, 0.5) is 5.69 Å². The number of amides is 1. The van der Waals surface area contributed by atoms with E-state index in [1.165, 1.54) is 20.1 Å². The minimum absolute atomic E-state index is 0.505. The standard InChI is InChI=1S/C20H22N2O6S/c1-15(20(24)22-17-8-10-18(27-2)11-9-17)28-19(23)14-21-29(25,26)13-12-16-6-4-3-5-7-16/h3-13,15,21H,14H2,1-2H3,(H,22,24)/b13-12+/t15-/m1/s1. The molecule has 1 atom stereocenters. The Morgan fingerprint density at radius 2 is 1.72 bits per heavy atom. The summed E-state index contributed by atoms with van der Waals surface area (Å²) in [6.45, 7) is 0.794. The van der Waals surface area contributed by atoms with Crippen molar-refractivity contribution in [2.24, 2.45) is 0 Å². The van der Waals surface area contributed by atoms with Crippen molar-refractivity contribution >= 4 is 33.7 Å². The Hall–Kier alpha value is -3.17. The highest BCUT2D eigenvalue weighted by Gasteiger charge is 2.19. The van der Waals surface area contributed by atoms with Crippen LogP contribution in [0, 0.1) is 0 Å². The van der Waals surface area contributed by atoms with E-state index >= 15 is 0 Å². The third kappa shape index (κ3) is 7.76. The van der Waals surface area contributed by atoms with Gasteiger partial charge in [-0.2, -0.15) is 0 Å². The first-order valence-electron chi connectivity index (χ1n) is 8.66. The fraction of sp³-hybridized carbons (Fsp3) is 0.200. The van der Waals surface area contributed by atoms with Crippen LogP contribution in [0.1, 0.15) is 12.5 Å². The molecule has 8 nitrogen and oxygen atoms in total. The number of methoxy groups -OCH3 is 1. The summed E-state index contributed by atoms with van der Waals surface area (Å²) in [5, 5.41) is 3.54. The summed E-state index contributed by atoms with van der Waals surface area (Å²) in [6, 6.07) is 15.5. The monoisotopic (exact) mass is 418 g/mol. The molecule has 0 unspecified atom stereocenters. The van der Waals surface area contributed by atoms with Gasteiger partial charge in [0.1, 0.15) is 12.3 Å². The van der Waals surface area contributed by atoms with Gasteiger partial charge in [0.15, 0.2) is 6.10 Å². The predicted molar refractivity (Wildman–Crippen MR) is 110 cm³/mol. The highest BCUT2D eigenvalue weighted by Crippen LogP contribution is 2.15. The Labute approximate surface area is 169 Å². The molecule has 0 saturated heterocycles. The molecular formula is C20H22N2O6S. The highest BCUT2D eigenvalue weighted by molar-refractivity contribution is 7.92. The lowest BCUT2D eigenvalue weighted by molar-refractivity contribution is -0.151. The molecule has 0 aliphatic rings. The molecule has 0 fully saturated rings. The number of hydrogen-bond donors (Lipinski definition) is 2. The van der Waals surface area contributed by atoms with Gasteiger partial charge in [-0.1, -0.05) is 30.3 Å². The summed E-state index contributed by atoms with van der Waals surface area (Å²) in [5.74, 6) is -0.787. The number of esters is 1. The molecule has 0 aliphatic heterocycles. The van der Waals surface area contributed by atoms with Crippen molar-refractivity contribution in [1.29, 1.82) is 0 Å². The average Bonchev–Trinajstić information content (AvgIpc) is 2.72. The fourth-order valence-electron chi connectivity index (χ4n) is 2.15. The minimum Gasteiger partial charge on any atom is -0.497 e. The lowest BCUT2D eigenvalue weighted by atomic mass is 10.2. The van der Waals surface area contributed by atoms with E-state index in [0.717, 1.165) is 5.41 Å². The zero-order chi connectivity index (χ0) is 21.3. The molecular weight excluding hydrogens is 396 g/mol. The average molecular weight is 418 g/mol. The molecule has 0 aromatic heterocycles. The van der Waals surface area contributed by atoms with Crippen LogP contribution in [0.5, 0.6) is 5.75 Å². The van der Waals surface area contributed by atoms with E-state index < -0.39 is 34.5 Å². The number of hydrogen-bond acceptors (Lipinski definition) is 6. The van der Waals surface area contributed by atoms with Crippen molar-refractivity contribution in [3.05, 3.63) is 65.6 Å². The van der Waals surface area contributed by atoms with E-state index in [1.807, 2.05) is 6.07 Å². The second-order valence-corrected chi connectivity index (χ2v) is 7.58. The number of nitrogens with one attached hydrogen (secondary N) is 2. The summed E-state index contributed by atoms with van der Waals surface area (Å²) in [4.78, 5) is 23.9. The lowest BCUT2D eigenvalue weighted by Crippen LogP contribution is -2.35. The summed E-state index contributed by atoms with van der Waals surface area (Å²) in [5.41, 5.74) is 1.20. The first-order chi connectivity index (χ1) is 13.8.